The molecule has 0 aliphatic heterocycles. The fourth-order valence-electron chi connectivity index (χ4n) is 3.02. The second kappa shape index (κ2) is 9.31. The summed E-state index contributed by atoms with van der Waals surface area (Å²) in [5.41, 5.74) is 1.10. The van der Waals surface area contributed by atoms with Gasteiger partial charge in [0.25, 0.3) is 11.6 Å². The summed E-state index contributed by atoms with van der Waals surface area (Å²) in [6, 6.07) is 14.2. The summed E-state index contributed by atoms with van der Waals surface area (Å²) in [5, 5.41) is 13.9. The predicted octanol–water partition coefficient (Wildman–Crippen LogP) is 2.64. The molecular formula is C19H23ClN3O3+. The molecule has 2 rings (SSSR count). The van der Waals surface area contributed by atoms with Gasteiger partial charge in [0, 0.05) is 17.2 Å². The minimum absolute atomic E-state index is 0.0151. The van der Waals surface area contributed by atoms with Crippen molar-refractivity contribution in [3.63, 3.8) is 0 Å². The lowest BCUT2D eigenvalue weighted by Gasteiger charge is -2.27. The summed E-state index contributed by atoms with van der Waals surface area (Å²) in [6.45, 7) is 6.52. The van der Waals surface area contributed by atoms with Gasteiger partial charge >= 0.3 is 0 Å². The van der Waals surface area contributed by atoms with Crippen LogP contribution >= 0.6 is 11.6 Å². The minimum atomic E-state index is -0.591. The van der Waals surface area contributed by atoms with Crippen LogP contribution in [0.5, 0.6) is 0 Å². The highest BCUT2D eigenvalue weighted by molar-refractivity contribution is 6.32. The fraction of sp³-hybridized carbons (Fsp3) is 0.316. The summed E-state index contributed by atoms with van der Waals surface area (Å²) in [7, 11) is 0. The van der Waals surface area contributed by atoms with Crippen LogP contribution in [0.2, 0.25) is 5.02 Å². The second-order valence-corrected chi connectivity index (χ2v) is 6.37. The second-order valence-electron chi connectivity index (χ2n) is 5.96. The number of nitro benzene ring substituents is 1. The molecule has 0 aliphatic carbocycles. The molecule has 0 spiro atoms. The molecule has 2 aromatic carbocycles. The summed E-state index contributed by atoms with van der Waals surface area (Å²) >= 11 is 5.81. The van der Waals surface area contributed by atoms with Gasteiger partial charge in [-0.15, -0.1) is 0 Å². The van der Waals surface area contributed by atoms with Gasteiger partial charge < -0.3 is 10.2 Å². The number of nitro groups is 1. The molecule has 2 aromatic rings. The molecule has 26 heavy (non-hydrogen) atoms. The van der Waals surface area contributed by atoms with Crippen LogP contribution in [0, 0.1) is 10.1 Å². The topological polar surface area (TPSA) is 76.7 Å². The van der Waals surface area contributed by atoms with Gasteiger partial charge in [0.05, 0.1) is 24.6 Å². The molecule has 1 amide bonds. The molecule has 1 atom stereocenters. The largest absolute Gasteiger partial charge is 0.346 e. The third-order valence-electron chi connectivity index (χ3n) is 4.47. The van der Waals surface area contributed by atoms with Crippen molar-refractivity contribution in [2.75, 3.05) is 19.6 Å². The third-order valence-corrected chi connectivity index (χ3v) is 4.79. The monoisotopic (exact) mass is 376 g/mol. The van der Waals surface area contributed by atoms with Crippen LogP contribution in [0.4, 0.5) is 5.69 Å². The van der Waals surface area contributed by atoms with E-state index < -0.39 is 4.92 Å². The van der Waals surface area contributed by atoms with E-state index in [0.29, 0.717) is 6.54 Å². The smallest absolute Gasteiger partial charge is 0.288 e. The molecule has 0 heterocycles. The number of hydrogen-bond donors (Lipinski definition) is 2. The van der Waals surface area contributed by atoms with Gasteiger partial charge in [0.1, 0.15) is 11.1 Å². The highest BCUT2D eigenvalue weighted by Crippen LogP contribution is 2.25. The van der Waals surface area contributed by atoms with Gasteiger partial charge in [-0.2, -0.15) is 0 Å². The van der Waals surface area contributed by atoms with Crippen molar-refractivity contribution in [1.29, 1.82) is 0 Å². The Labute approximate surface area is 157 Å². The molecular weight excluding hydrogens is 354 g/mol. The first-order chi connectivity index (χ1) is 12.5. The molecule has 0 saturated carbocycles. The number of likely N-dealkylation sites (N-methyl/N-ethyl adjacent to an activating group) is 1. The zero-order valence-electron chi connectivity index (χ0n) is 14.9. The number of carbonyl (C=O) groups excluding carboxylic acids is 1. The number of halogens is 1. The number of nitrogens with zero attached hydrogens (tertiary/aromatic N) is 1. The summed E-state index contributed by atoms with van der Waals surface area (Å²) < 4.78 is 0. The Morgan fingerprint density at radius 3 is 2.42 bits per heavy atom. The molecule has 2 N–H and O–H groups in total. The van der Waals surface area contributed by atoms with Crippen molar-refractivity contribution in [3.05, 3.63) is 74.8 Å². The lowest BCUT2D eigenvalue weighted by molar-refractivity contribution is -0.927. The van der Waals surface area contributed by atoms with Gasteiger partial charge in [-0.1, -0.05) is 41.9 Å². The zero-order chi connectivity index (χ0) is 19.1. The number of benzene rings is 2. The summed E-state index contributed by atoms with van der Waals surface area (Å²) in [4.78, 5) is 24.2. The summed E-state index contributed by atoms with van der Waals surface area (Å²) in [5.74, 6) is -0.350. The van der Waals surface area contributed by atoms with Crippen LogP contribution in [0.15, 0.2) is 48.5 Å². The van der Waals surface area contributed by atoms with Crippen LogP contribution in [0.3, 0.4) is 0 Å². The highest BCUT2D eigenvalue weighted by Gasteiger charge is 2.23. The normalized spacial score (nSPS) is 12.0. The van der Waals surface area contributed by atoms with E-state index in [4.69, 9.17) is 11.6 Å². The standard InChI is InChI=1S/C19H22ClN3O3/c1-3-22(4-2)18(14-8-6-5-7-9-14)13-21-19(24)15-10-11-16(20)17(12-15)23(25)26/h5-12,18H,3-4,13H2,1-2H3,(H,21,24)/p+1/t18-/m0/s1. The lowest BCUT2D eigenvalue weighted by atomic mass is 10.0. The fourth-order valence-corrected chi connectivity index (χ4v) is 3.20. The van der Waals surface area contributed by atoms with E-state index in [1.54, 1.807) is 0 Å². The van der Waals surface area contributed by atoms with Crippen molar-refractivity contribution in [3.8, 4) is 0 Å². The molecule has 0 aliphatic rings. The van der Waals surface area contributed by atoms with E-state index in [-0.39, 0.29) is 28.2 Å². The van der Waals surface area contributed by atoms with Crippen molar-refractivity contribution in [2.24, 2.45) is 0 Å². The lowest BCUT2D eigenvalue weighted by Crippen LogP contribution is -3.12. The molecule has 0 radical (unpaired) electrons. The van der Waals surface area contributed by atoms with E-state index in [2.05, 4.69) is 31.3 Å². The van der Waals surface area contributed by atoms with E-state index >= 15 is 0 Å². The Morgan fingerprint density at radius 1 is 1.19 bits per heavy atom. The quantitative estimate of drug-likeness (QED) is 0.549. The Morgan fingerprint density at radius 2 is 1.85 bits per heavy atom. The van der Waals surface area contributed by atoms with Gasteiger partial charge in [-0.3, -0.25) is 14.9 Å². The van der Waals surface area contributed by atoms with Crippen molar-refractivity contribution >= 4 is 23.2 Å². The molecule has 0 saturated heterocycles. The number of carbonyl (C=O) groups is 1. The molecule has 6 nitrogen and oxygen atoms in total. The van der Waals surface area contributed by atoms with Crippen LogP contribution in [-0.2, 0) is 0 Å². The number of quaternary nitrogens is 1. The zero-order valence-corrected chi connectivity index (χ0v) is 15.6. The maximum Gasteiger partial charge on any atom is 0.288 e. The number of hydrogen-bond acceptors (Lipinski definition) is 3. The number of rotatable bonds is 8. The predicted molar refractivity (Wildman–Crippen MR) is 102 cm³/mol. The Kier molecular flexibility index (Phi) is 7.12. The number of amides is 1. The first-order valence-electron chi connectivity index (χ1n) is 8.59. The number of nitrogens with one attached hydrogen (secondary N) is 2. The maximum absolute atomic E-state index is 12.5. The average molecular weight is 377 g/mol. The van der Waals surface area contributed by atoms with Gasteiger partial charge in [0.15, 0.2) is 0 Å². The Bertz CT molecular complexity index is 764. The molecule has 0 aromatic heterocycles. The van der Waals surface area contributed by atoms with Crippen LogP contribution in [-0.4, -0.2) is 30.5 Å². The molecule has 0 fully saturated rings. The molecule has 0 unspecified atom stereocenters. The summed E-state index contributed by atoms with van der Waals surface area (Å²) in [6.07, 6.45) is 0. The van der Waals surface area contributed by atoms with Gasteiger partial charge in [0.2, 0.25) is 0 Å². The maximum atomic E-state index is 12.5. The van der Waals surface area contributed by atoms with E-state index in [1.165, 1.54) is 23.1 Å². The van der Waals surface area contributed by atoms with Crippen LogP contribution < -0.4 is 10.2 Å². The Hall–Kier alpha value is -2.44. The minimum Gasteiger partial charge on any atom is -0.346 e. The van der Waals surface area contributed by atoms with Crippen molar-refractivity contribution < 1.29 is 14.6 Å². The van der Waals surface area contributed by atoms with Crippen LogP contribution in [0.25, 0.3) is 0 Å². The van der Waals surface area contributed by atoms with Gasteiger partial charge in [-0.05, 0) is 26.0 Å². The third kappa shape index (κ3) is 4.80. The van der Waals surface area contributed by atoms with Crippen LogP contribution in [0.1, 0.15) is 35.8 Å². The van der Waals surface area contributed by atoms with Crippen molar-refractivity contribution in [1.82, 2.24) is 5.32 Å². The van der Waals surface area contributed by atoms with E-state index in [9.17, 15) is 14.9 Å². The molecule has 7 heteroatoms. The SMILES string of the molecule is CC[NH+](CC)[C@@H](CNC(=O)c1ccc(Cl)c([N+](=O)[O-])c1)c1ccccc1. The molecule has 0 bridgehead atoms. The van der Waals surface area contributed by atoms with Gasteiger partial charge in [-0.25, -0.2) is 0 Å². The van der Waals surface area contributed by atoms with Crippen molar-refractivity contribution in [2.45, 2.75) is 19.9 Å². The first kappa shape index (κ1) is 19.9. The average Bonchev–Trinajstić information content (AvgIpc) is 2.65. The Balaban J connectivity index is 2.17. The molecule has 138 valence electrons. The van der Waals surface area contributed by atoms with E-state index in [1.807, 2.05) is 18.2 Å². The van der Waals surface area contributed by atoms with E-state index in [0.717, 1.165) is 18.7 Å². The highest BCUT2D eigenvalue weighted by atomic mass is 35.5. The first-order valence-corrected chi connectivity index (χ1v) is 8.97.